The second kappa shape index (κ2) is 9.22. The van der Waals surface area contributed by atoms with Gasteiger partial charge in [0.05, 0.1) is 0 Å². The van der Waals surface area contributed by atoms with Gasteiger partial charge in [-0.2, -0.15) is 0 Å². The van der Waals surface area contributed by atoms with Gasteiger partial charge in [0, 0.05) is 0 Å². The molecule has 8 aromatic rings. The molecule has 0 aliphatic rings. The highest BCUT2D eigenvalue weighted by atomic mass is 14.2. The fourth-order valence-corrected chi connectivity index (χ4v) is 6.32. The molecule has 0 spiro atoms. The van der Waals surface area contributed by atoms with Crippen LogP contribution in [-0.2, 0) is 0 Å². The van der Waals surface area contributed by atoms with Gasteiger partial charge in [-0.05, 0) is 88.6 Å². The van der Waals surface area contributed by atoms with Gasteiger partial charge in [-0.3, -0.25) is 0 Å². The van der Waals surface area contributed by atoms with Crippen LogP contribution in [0.25, 0.3) is 76.5 Å². The molecule has 0 N–H and O–H groups in total. The summed E-state index contributed by atoms with van der Waals surface area (Å²) in [6.07, 6.45) is 0. The van der Waals surface area contributed by atoms with Gasteiger partial charge >= 0.3 is 0 Å². The average Bonchev–Trinajstić information content (AvgIpc) is 3.03. The Hall–Kier alpha value is -5.20. The summed E-state index contributed by atoms with van der Waals surface area (Å²) in [4.78, 5) is 0. The van der Waals surface area contributed by atoms with Crippen molar-refractivity contribution < 1.29 is 0 Å². The van der Waals surface area contributed by atoms with Crippen molar-refractivity contribution in [2.45, 2.75) is 0 Å². The Bertz CT molecular complexity index is 2190. The van der Waals surface area contributed by atoms with Crippen molar-refractivity contribution in [2.75, 3.05) is 0 Å². The van der Waals surface area contributed by atoms with Crippen LogP contribution in [0.3, 0.4) is 0 Å². The minimum atomic E-state index is 1.24. The first-order chi connectivity index (χ1) is 19.8. The summed E-state index contributed by atoms with van der Waals surface area (Å²) in [7, 11) is 0. The predicted octanol–water partition coefficient (Wildman–Crippen LogP) is 11.3. The molecule has 0 unspecified atom stereocenters. The molecule has 8 aromatic carbocycles. The molecule has 0 aliphatic heterocycles. The Morgan fingerprint density at radius 2 is 0.775 bits per heavy atom. The number of fused-ring (bicyclic) bond motifs is 5. The summed E-state index contributed by atoms with van der Waals surface area (Å²) in [5, 5.41) is 10.2. The van der Waals surface area contributed by atoms with Crippen LogP contribution in [0.4, 0.5) is 0 Å². The molecule has 0 saturated carbocycles. The van der Waals surface area contributed by atoms with E-state index in [1.807, 2.05) is 0 Å². The van der Waals surface area contributed by atoms with Gasteiger partial charge in [-0.15, -0.1) is 0 Å². The van der Waals surface area contributed by atoms with Crippen molar-refractivity contribution >= 4 is 43.1 Å². The molecule has 0 heterocycles. The van der Waals surface area contributed by atoms with Crippen molar-refractivity contribution in [3.8, 4) is 33.4 Å². The SMILES string of the molecule is c1ccc(-c2cccc3cccc(-c4ccc5c(ccc6cc(-c7cccc8ccccc78)ccc65)c4)c23)cc1. The molecule has 8 rings (SSSR count). The number of benzene rings is 8. The lowest BCUT2D eigenvalue weighted by Gasteiger charge is -2.14. The zero-order valence-electron chi connectivity index (χ0n) is 22.0. The van der Waals surface area contributed by atoms with E-state index >= 15 is 0 Å². The maximum atomic E-state index is 2.35. The normalized spacial score (nSPS) is 11.5. The van der Waals surface area contributed by atoms with E-state index in [1.54, 1.807) is 0 Å². The Labute approximate surface area is 233 Å². The maximum absolute atomic E-state index is 2.35. The quantitative estimate of drug-likeness (QED) is 0.209. The molecule has 0 radical (unpaired) electrons. The van der Waals surface area contributed by atoms with Crippen molar-refractivity contribution in [1.82, 2.24) is 0 Å². The highest BCUT2D eigenvalue weighted by molar-refractivity contribution is 6.12. The van der Waals surface area contributed by atoms with Crippen LogP contribution in [0.5, 0.6) is 0 Å². The molecule has 0 bridgehead atoms. The summed E-state index contributed by atoms with van der Waals surface area (Å²) >= 11 is 0. The lowest BCUT2D eigenvalue weighted by atomic mass is 9.90. The molecule has 186 valence electrons. The minimum Gasteiger partial charge on any atom is -0.0622 e. The Morgan fingerprint density at radius 1 is 0.250 bits per heavy atom. The number of rotatable bonds is 3. The highest BCUT2D eigenvalue weighted by Gasteiger charge is 2.12. The van der Waals surface area contributed by atoms with Crippen molar-refractivity contribution in [2.24, 2.45) is 0 Å². The van der Waals surface area contributed by atoms with E-state index in [2.05, 4.69) is 158 Å². The van der Waals surface area contributed by atoms with Crippen LogP contribution in [0.1, 0.15) is 0 Å². The van der Waals surface area contributed by atoms with E-state index in [4.69, 9.17) is 0 Å². The van der Waals surface area contributed by atoms with Crippen LogP contribution in [0, 0.1) is 0 Å². The molecule has 0 aromatic heterocycles. The van der Waals surface area contributed by atoms with E-state index < -0.39 is 0 Å². The molecule has 0 atom stereocenters. The molecule has 0 nitrogen and oxygen atoms in total. The van der Waals surface area contributed by atoms with Crippen molar-refractivity contribution in [1.29, 1.82) is 0 Å². The predicted molar refractivity (Wildman–Crippen MR) is 173 cm³/mol. The zero-order chi connectivity index (χ0) is 26.5. The first kappa shape index (κ1) is 22.8. The molecule has 0 fully saturated rings. The van der Waals surface area contributed by atoms with Gasteiger partial charge in [0.2, 0.25) is 0 Å². The number of hydrogen-bond acceptors (Lipinski definition) is 0. The summed E-state index contributed by atoms with van der Waals surface area (Å²) < 4.78 is 0. The second-order valence-electron chi connectivity index (χ2n) is 10.5. The van der Waals surface area contributed by atoms with E-state index in [1.165, 1.54) is 76.5 Å². The lowest BCUT2D eigenvalue weighted by Crippen LogP contribution is -1.87. The highest BCUT2D eigenvalue weighted by Crippen LogP contribution is 2.39. The molecule has 0 heteroatoms. The molecule has 0 aliphatic carbocycles. The topological polar surface area (TPSA) is 0 Å². The van der Waals surface area contributed by atoms with Gasteiger partial charge in [-0.1, -0.05) is 146 Å². The van der Waals surface area contributed by atoms with Crippen LogP contribution < -0.4 is 0 Å². The largest absolute Gasteiger partial charge is 0.0622 e. The smallest absolute Gasteiger partial charge is 0.00268 e. The summed E-state index contributed by atoms with van der Waals surface area (Å²) in [5.74, 6) is 0. The molecule has 0 saturated heterocycles. The third-order valence-electron chi connectivity index (χ3n) is 8.24. The first-order valence-corrected chi connectivity index (χ1v) is 13.9. The van der Waals surface area contributed by atoms with Crippen LogP contribution >= 0.6 is 0 Å². The second-order valence-corrected chi connectivity index (χ2v) is 10.5. The van der Waals surface area contributed by atoms with Gasteiger partial charge in [0.15, 0.2) is 0 Å². The Morgan fingerprint density at radius 3 is 1.48 bits per heavy atom. The zero-order valence-corrected chi connectivity index (χ0v) is 22.0. The Kier molecular flexibility index (Phi) is 5.24. The first-order valence-electron chi connectivity index (χ1n) is 13.9. The molecule has 0 amide bonds. The van der Waals surface area contributed by atoms with Crippen LogP contribution in [0.2, 0.25) is 0 Å². The van der Waals surface area contributed by atoms with Crippen LogP contribution in [-0.4, -0.2) is 0 Å². The van der Waals surface area contributed by atoms with E-state index in [-0.39, 0.29) is 0 Å². The van der Waals surface area contributed by atoms with E-state index in [0.717, 1.165) is 0 Å². The van der Waals surface area contributed by atoms with Crippen molar-refractivity contribution in [3.63, 3.8) is 0 Å². The monoisotopic (exact) mass is 506 g/mol. The fraction of sp³-hybridized carbons (Fsp3) is 0. The third kappa shape index (κ3) is 3.69. The molecular weight excluding hydrogens is 480 g/mol. The Balaban J connectivity index is 1.28. The standard InChI is InChI=1S/C40H26/c1-2-9-28(10-3-1)38-17-7-13-29-14-8-18-39(40(29)38)33-22-24-37-31(26-33)20-19-30-25-32(21-23-36(30)37)35-16-6-12-27-11-4-5-15-34(27)35/h1-26H. The van der Waals surface area contributed by atoms with E-state index in [0.29, 0.717) is 0 Å². The van der Waals surface area contributed by atoms with Gasteiger partial charge in [0.25, 0.3) is 0 Å². The average molecular weight is 507 g/mol. The van der Waals surface area contributed by atoms with Gasteiger partial charge in [-0.25, -0.2) is 0 Å². The van der Waals surface area contributed by atoms with Gasteiger partial charge < -0.3 is 0 Å². The summed E-state index contributed by atoms with van der Waals surface area (Å²) in [6.45, 7) is 0. The summed E-state index contributed by atoms with van der Waals surface area (Å²) in [6, 6.07) is 57.5. The fourth-order valence-electron chi connectivity index (χ4n) is 6.32. The lowest BCUT2D eigenvalue weighted by molar-refractivity contribution is 1.64. The number of hydrogen-bond donors (Lipinski definition) is 0. The summed E-state index contributed by atoms with van der Waals surface area (Å²) in [5.41, 5.74) is 7.56. The van der Waals surface area contributed by atoms with Gasteiger partial charge in [0.1, 0.15) is 0 Å². The van der Waals surface area contributed by atoms with Crippen molar-refractivity contribution in [3.05, 3.63) is 158 Å². The third-order valence-corrected chi connectivity index (χ3v) is 8.24. The minimum absolute atomic E-state index is 1.24. The molecule has 40 heavy (non-hydrogen) atoms. The van der Waals surface area contributed by atoms with Crippen LogP contribution in [0.15, 0.2) is 158 Å². The molecular formula is C40H26. The van der Waals surface area contributed by atoms with E-state index in [9.17, 15) is 0 Å². The maximum Gasteiger partial charge on any atom is -0.00268 e.